The Hall–Kier alpha value is -1.54. The summed E-state index contributed by atoms with van der Waals surface area (Å²) in [7, 11) is 0. The van der Waals surface area contributed by atoms with Crippen molar-refractivity contribution < 1.29 is 0 Å². The summed E-state index contributed by atoms with van der Waals surface area (Å²) in [6.07, 6.45) is 2.30. The van der Waals surface area contributed by atoms with E-state index in [0.29, 0.717) is 0 Å². The number of hydrogen-bond acceptors (Lipinski definition) is 2. The minimum Gasteiger partial charge on any atom is -0.311 e. The van der Waals surface area contributed by atoms with Gasteiger partial charge >= 0.3 is 0 Å². The van der Waals surface area contributed by atoms with E-state index in [1.54, 1.807) is 0 Å². The fourth-order valence-electron chi connectivity index (χ4n) is 2.30. The largest absolute Gasteiger partial charge is 0.311 e. The van der Waals surface area contributed by atoms with Crippen LogP contribution in [0.15, 0.2) is 36.4 Å². The third-order valence-electron chi connectivity index (χ3n) is 3.10. The number of fused-ring (bicyclic) bond motifs is 2. The lowest BCUT2D eigenvalue weighted by Crippen LogP contribution is -2.35. The van der Waals surface area contributed by atoms with E-state index in [9.17, 15) is 0 Å². The first-order valence-corrected chi connectivity index (χ1v) is 5.38. The minimum atomic E-state index is 0.964. The number of aryl methyl sites for hydroxylation is 1. The van der Waals surface area contributed by atoms with Gasteiger partial charge in [-0.25, -0.2) is 5.84 Å². The number of rotatable bonds is 0. The van der Waals surface area contributed by atoms with Gasteiger partial charge in [0.05, 0.1) is 5.69 Å². The van der Waals surface area contributed by atoms with Crippen LogP contribution in [0.5, 0.6) is 0 Å². The molecule has 0 aromatic heterocycles. The predicted octanol–water partition coefficient (Wildman–Crippen LogP) is 2.47. The molecule has 0 radical (unpaired) electrons. The number of benzene rings is 2. The molecule has 0 unspecified atom stereocenters. The van der Waals surface area contributed by atoms with Gasteiger partial charge in [-0.05, 0) is 41.3 Å². The average molecular weight is 198 g/mol. The van der Waals surface area contributed by atoms with Gasteiger partial charge in [0.15, 0.2) is 0 Å². The lowest BCUT2D eigenvalue weighted by atomic mass is 9.98. The van der Waals surface area contributed by atoms with Gasteiger partial charge in [0.25, 0.3) is 0 Å². The van der Waals surface area contributed by atoms with Gasteiger partial charge in [-0.3, -0.25) is 0 Å². The lowest BCUT2D eigenvalue weighted by Gasteiger charge is -2.27. The van der Waals surface area contributed by atoms with Gasteiger partial charge in [-0.15, -0.1) is 0 Å². The molecule has 76 valence electrons. The Morgan fingerprint density at radius 2 is 1.80 bits per heavy atom. The summed E-state index contributed by atoms with van der Waals surface area (Å²) in [5.74, 6) is 5.97. The number of nitrogens with zero attached hydrogens (tertiary/aromatic N) is 1. The summed E-state index contributed by atoms with van der Waals surface area (Å²) in [5.41, 5.74) is 2.57. The van der Waals surface area contributed by atoms with Crippen molar-refractivity contribution in [3.05, 3.63) is 42.0 Å². The van der Waals surface area contributed by atoms with Crippen molar-refractivity contribution in [2.75, 3.05) is 11.6 Å². The Labute approximate surface area is 89.3 Å². The van der Waals surface area contributed by atoms with Crippen LogP contribution in [0.3, 0.4) is 0 Å². The summed E-state index contributed by atoms with van der Waals surface area (Å²) in [5, 5.41) is 4.45. The highest BCUT2D eigenvalue weighted by atomic mass is 15.4. The molecule has 2 nitrogen and oxygen atoms in total. The number of hydrazine groups is 1. The van der Waals surface area contributed by atoms with Crippen LogP contribution >= 0.6 is 0 Å². The molecule has 0 atom stereocenters. The standard InChI is InChI=1S/C13H14N2/c14-15-7-3-6-12-8-10-4-1-2-5-11(10)9-13(12)15/h1-2,4-5,8-9H,3,6-7,14H2. The summed E-state index contributed by atoms with van der Waals surface area (Å²) in [4.78, 5) is 0. The van der Waals surface area contributed by atoms with E-state index in [-0.39, 0.29) is 0 Å². The van der Waals surface area contributed by atoms with E-state index in [1.807, 2.05) is 5.01 Å². The van der Waals surface area contributed by atoms with Crippen LogP contribution in [0.2, 0.25) is 0 Å². The summed E-state index contributed by atoms with van der Waals surface area (Å²) < 4.78 is 0. The third-order valence-corrected chi connectivity index (χ3v) is 3.10. The average Bonchev–Trinajstić information content (AvgIpc) is 2.27. The van der Waals surface area contributed by atoms with Crippen molar-refractivity contribution in [2.45, 2.75) is 12.8 Å². The first kappa shape index (κ1) is 8.74. The number of hydrogen-bond donors (Lipinski definition) is 1. The van der Waals surface area contributed by atoms with Crippen LogP contribution in [0.4, 0.5) is 5.69 Å². The highest BCUT2D eigenvalue weighted by Gasteiger charge is 2.14. The van der Waals surface area contributed by atoms with Gasteiger partial charge in [0.2, 0.25) is 0 Å². The fraction of sp³-hybridized carbons (Fsp3) is 0.231. The number of nitrogens with two attached hydrogens (primary N) is 1. The second kappa shape index (κ2) is 3.24. The molecule has 0 amide bonds. The topological polar surface area (TPSA) is 29.3 Å². The van der Waals surface area contributed by atoms with E-state index in [1.165, 1.54) is 22.0 Å². The van der Waals surface area contributed by atoms with Crippen molar-refractivity contribution in [3.63, 3.8) is 0 Å². The molecule has 3 rings (SSSR count). The normalized spacial score (nSPS) is 15.4. The molecule has 0 saturated carbocycles. The van der Waals surface area contributed by atoms with E-state index >= 15 is 0 Å². The smallest absolute Gasteiger partial charge is 0.0555 e. The van der Waals surface area contributed by atoms with E-state index in [2.05, 4.69) is 36.4 Å². The zero-order chi connectivity index (χ0) is 10.3. The first-order chi connectivity index (χ1) is 7.34. The third kappa shape index (κ3) is 1.38. The molecule has 2 aromatic rings. The first-order valence-electron chi connectivity index (χ1n) is 5.38. The molecule has 2 aromatic carbocycles. The molecule has 2 N–H and O–H groups in total. The Morgan fingerprint density at radius 3 is 2.60 bits per heavy atom. The van der Waals surface area contributed by atoms with Crippen LogP contribution in [-0.2, 0) is 6.42 Å². The highest BCUT2D eigenvalue weighted by Crippen LogP contribution is 2.29. The molecule has 0 spiro atoms. The maximum Gasteiger partial charge on any atom is 0.0555 e. The van der Waals surface area contributed by atoms with Gasteiger partial charge < -0.3 is 5.01 Å². The van der Waals surface area contributed by atoms with Crippen molar-refractivity contribution in [1.29, 1.82) is 0 Å². The maximum absolute atomic E-state index is 5.97. The number of anilines is 1. The lowest BCUT2D eigenvalue weighted by molar-refractivity contribution is 0.715. The van der Waals surface area contributed by atoms with Crippen molar-refractivity contribution >= 4 is 16.5 Å². The molecule has 1 aliphatic heterocycles. The van der Waals surface area contributed by atoms with Gasteiger partial charge in [0, 0.05) is 6.54 Å². The van der Waals surface area contributed by atoms with Gasteiger partial charge in [-0.2, -0.15) is 0 Å². The van der Waals surface area contributed by atoms with Crippen LogP contribution < -0.4 is 10.9 Å². The molecule has 0 bridgehead atoms. The maximum atomic E-state index is 5.97. The molecular formula is C13H14N2. The second-order valence-corrected chi connectivity index (χ2v) is 4.13. The minimum absolute atomic E-state index is 0.964. The van der Waals surface area contributed by atoms with E-state index in [4.69, 9.17) is 5.84 Å². The molecule has 0 aliphatic carbocycles. The Bertz CT molecular complexity index is 505. The quantitative estimate of drug-likeness (QED) is 0.659. The van der Waals surface area contributed by atoms with Gasteiger partial charge in [-0.1, -0.05) is 24.3 Å². The summed E-state index contributed by atoms with van der Waals surface area (Å²) in [6, 6.07) is 12.9. The van der Waals surface area contributed by atoms with Crippen LogP contribution in [-0.4, -0.2) is 6.54 Å². The predicted molar refractivity (Wildman–Crippen MR) is 63.8 cm³/mol. The molecule has 1 aliphatic rings. The van der Waals surface area contributed by atoms with Crippen LogP contribution in [0.25, 0.3) is 10.8 Å². The fourth-order valence-corrected chi connectivity index (χ4v) is 2.30. The molecule has 0 saturated heterocycles. The van der Waals surface area contributed by atoms with Crippen LogP contribution in [0.1, 0.15) is 12.0 Å². The zero-order valence-electron chi connectivity index (χ0n) is 8.61. The molecular weight excluding hydrogens is 184 g/mol. The van der Waals surface area contributed by atoms with Crippen LogP contribution in [0, 0.1) is 0 Å². The molecule has 2 heteroatoms. The molecule has 1 heterocycles. The Kier molecular flexibility index (Phi) is 1.89. The van der Waals surface area contributed by atoms with Gasteiger partial charge in [0.1, 0.15) is 0 Å². The van der Waals surface area contributed by atoms with E-state index in [0.717, 1.165) is 19.4 Å². The Balaban J connectivity index is 2.27. The second-order valence-electron chi connectivity index (χ2n) is 4.13. The van der Waals surface area contributed by atoms with Crippen molar-refractivity contribution in [1.82, 2.24) is 0 Å². The Morgan fingerprint density at radius 1 is 1.07 bits per heavy atom. The zero-order valence-corrected chi connectivity index (χ0v) is 8.61. The monoisotopic (exact) mass is 198 g/mol. The van der Waals surface area contributed by atoms with Crippen molar-refractivity contribution in [2.24, 2.45) is 5.84 Å². The molecule has 0 fully saturated rings. The van der Waals surface area contributed by atoms with E-state index < -0.39 is 0 Å². The highest BCUT2D eigenvalue weighted by molar-refractivity contribution is 5.87. The van der Waals surface area contributed by atoms with Crippen molar-refractivity contribution in [3.8, 4) is 0 Å². The molecule has 15 heavy (non-hydrogen) atoms. The summed E-state index contributed by atoms with van der Waals surface area (Å²) >= 11 is 0. The summed E-state index contributed by atoms with van der Waals surface area (Å²) in [6.45, 7) is 0.964. The SMILES string of the molecule is NN1CCCc2cc3ccccc3cc21.